The van der Waals surface area contributed by atoms with Crippen molar-refractivity contribution in [3.8, 4) is 0 Å². The molecule has 4 unspecified atom stereocenters. The summed E-state index contributed by atoms with van der Waals surface area (Å²) < 4.78 is 24.0. The zero-order chi connectivity index (χ0) is 13.6. The van der Waals surface area contributed by atoms with Gasteiger partial charge in [-0.3, -0.25) is 4.90 Å². The van der Waals surface area contributed by atoms with Gasteiger partial charge < -0.3 is 5.73 Å². The lowest BCUT2D eigenvalue weighted by Gasteiger charge is -2.42. The molecule has 2 N–H and O–H groups in total. The third kappa shape index (κ3) is 2.45. The minimum atomic E-state index is -3.02. The standard InChI is InChI=1S/C13H26N2O2S/c1-10-7-11(10)8-15(2)13(9-14)6-4-5-12(13)18(3,16)17/h10-12H,4-9,14H2,1-3H3. The molecule has 4 atom stereocenters. The first-order chi connectivity index (χ1) is 8.31. The Morgan fingerprint density at radius 1 is 1.44 bits per heavy atom. The molecule has 2 rings (SSSR count). The normalized spacial score (nSPS) is 40.4. The van der Waals surface area contributed by atoms with E-state index >= 15 is 0 Å². The molecule has 2 saturated carbocycles. The molecular formula is C13H26N2O2S. The molecule has 0 aromatic rings. The molecule has 0 spiro atoms. The molecular weight excluding hydrogens is 248 g/mol. The first-order valence-electron chi connectivity index (χ1n) is 6.91. The molecule has 0 heterocycles. The zero-order valence-electron chi connectivity index (χ0n) is 11.7. The van der Waals surface area contributed by atoms with Crippen molar-refractivity contribution in [3.05, 3.63) is 0 Å². The van der Waals surface area contributed by atoms with Gasteiger partial charge in [0, 0.05) is 24.9 Å². The molecule has 0 saturated heterocycles. The van der Waals surface area contributed by atoms with Gasteiger partial charge in [-0.15, -0.1) is 0 Å². The largest absolute Gasteiger partial charge is 0.329 e. The molecule has 4 nitrogen and oxygen atoms in total. The Labute approximate surface area is 111 Å². The highest BCUT2D eigenvalue weighted by Crippen LogP contribution is 2.43. The molecule has 2 aliphatic carbocycles. The van der Waals surface area contributed by atoms with E-state index in [1.54, 1.807) is 0 Å². The smallest absolute Gasteiger partial charge is 0.152 e. The van der Waals surface area contributed by atoms with Crippen molar-refractivity contribution >= 4 is 9.84 Å². The maximum atomic E-state index is 12.0. The number of sulfone groups is 1. The van der Waals surface area contributed by atoms with Crippen LogP contribution in [-0.4, -0.2) is 50.5 Å². The predicted octanol–water partition coefficient (Wildman–Crippen LogP) is 0.869. The van der Waals surface area contributed by atoms with Gasteiger partial charge in [-0.05, 0) is 38.1 Å². The third-order valence-electron chi connectivity index (χ3n) is 5.09. The van der Waals surface area contributed by atoms with E-state index in [9.17, 15) is 8.42 Å². The molecule has 0 bridgehead atoms. The van der Waals surface area contributed by atoms with Crippen LogP contribution in [0, 0.1) is 11.8 Å². The summed E-state index contributed by atoms with van der Waals surface area (Å²) in [5, 5.41) is -0.283. The minimum Gasteiger partial charge on any atom is -0.329 e. The second-order valence-electron chi connectivity index (χ2n) is 6.37. The topological polar surface area (TPSA) is 63.4 Å². The molecule has 5 heteroatoms. The van der Waals surface area contributed by atoms with E-state index in [2.05, 4.69) is 18.9 Å². The summed E-state index contributed by atoms with van der Waals surface area (Å²) in [7, 11) is -0.961. The SMILES string of the molecule is CC1CC1CN(C)C1(CN)CCCC1S(C)(=O)=O. The van der Waals surface area contributed by atoms with Crippen LogP contribution in [0.3, 0.4) is 0 Å². The summed E-state index contributed by atoms with van der Waals surface area (Å²) in [6, 6.07) is 0. The van der Waals surface area contributed by atoms with Crippen LogP contribution in [0.5, 0.6) is 0 Å². The number of nitrogens with zero attached hydrogens (tertiary/aromatic N) is 1. The van der Waals surface area contributed by atoms with Crippen molar-refractivity contribution < 1.29 is 8.42 Å². The van der Waals surface area contributed by atoms with Crippen molar-refractivity contribution in [2.24, 2.45) is 17.6 Å². The quantitative estimate of drug-likeness (QED) is 0.808. The number of nitrogens with two attached hydrogens (primary N) is 1. The van der Waals surface area contributed by atoms with Gasteiger partial charge in [-0.1, -0.05) is 13.3 Å². The highest BCUT2D eigenvalue weighted by molar-refractivity contribution is 7.91. The summed E-state index contributed by atoms with van der Waals surface area (Å²) in [5.74, 6) is 1.53. The second kappa shape index (κ2) is 4.76. The Hall–Kier alpha value is -0.130. The van der Waals surface area contributed by atoms with E-state index in [-0.39, 0.29) is 10.8 Å². The Bertz CT molecular complexity index is 409. The van der Waals surface area contributed by atoms with Crippen LogP contribution in [0.1, 0.15) is 32.6 Å². The van der Waals surface area contributed by atoms with E-state index in [0.29, 0.717) is 6.54 Å². The van der Waals surface area contributed by atoms with Gasteiger partial charge in [0.25, 0.3) is 0 Å². The van der Waals surface area contributed by atoms with Crippen LogP contribution in [0.4, 0.5) is 0 Å². The van der Waals surface area contributed by atoms with Crippen molar-refractivity contribution in [2.45, 2.75) is 43.4 Å². The predicted molar refractivity (Wildman–Crippen MR) is 74.2 cm³/mol. The molecule has 0 aromatic heterocycles. The van der Waals surface area contributed by atoms with Crippen LogP contribution in [0.15, 0.2) is 0 Å². The molecule has 0 amide bonds. The maximum absolute atomic E-state index is 12.0. The minimum absolute atomic E-state index is 0.283. The van der Waals surface area contributed by atoms with E-state index < -0.39 is 9.84 Å². The second-order valence-corrected chi connectivity index (χ2v) is 8.60. The van der Waals surface area contributed by atoms with E-state index in [0.717, 1.165) is 37.6 Å². The summed E-state index contributed by atoms with van der Waals surface area (Å²) in [4.78, 5) is 2.25. The van der Waals surface area contributed by atoms with E-state index in [4.69, 9.17) is 5.73 Å². The molecule has 2 aliphatic rings. The van der Waals surface area contributed by atoms with E-state index in [1.807, 2.05) is 0 Å². The van der Waals surface area contributed by atoms with Gasteiger partial charge >= 0.3 is 0 Å². The average Bonchev–Trinajstić information content (AvgIpc) is 2.82. The van der Waals surface area contributed by atoms with Gasteiger partial charge in [0.1, 0.15) is 0 Å². The van der Waals surface area contributed by atoms with Gasteiger partial charge in [0.2, 0.25) is 0 Å². The van der Waals surface area contributed by atoms with Crippen LogP contribution >= 0.6 is 0 Å². The Balaban J connectivity index is 2.17. The highest BCUT2D eigenvalue weighted by atomic mass is 32.2. The van der Waals surface area contributed by atoms with Gasteiger partial charge in [0.05, 0.1) is 5.25 Å². The average molecular weight is 274 g/mol. The summed E-state index contributed by atoms with van der Waals surface area (Å²) >= 11 is 0. The van der Waals surface area contributed by atoms with Crippen LogP contribution < -0.4 is 5.73 Å². The lowest BCUT2D eigenvalue weighted by Crippen LogP contribution is -2.59. The zero-order valence-corrected chi connectivity index (χ0v) is 12.5. The van der Waals surface area contributed by atoms with Crippen LogP contribution in [0.25, 0.3) is 0 Å². The first-order valence-corrected chi connectivity index (χ1v) is 8.87. The third-order valence-corrected chi connectivity index (χ3v) is 6.80. The number of hydrogen-bond donors (Lipinski definition) is 1. The first kappa shape index (κ1) is 14.3. The van der Waals surface area contributed by atoms with Crippen molar-refractivity contribution in [3.63, 3.8) is 0 Å². The number of rotatable bonds is 5. The molecule has 0 aromatic carbocycles. The number of hydrogen-bond acceptors (Lipinski definition) is 4. The number of likely N-dealkylation sites (N-methyl/N-ethyl adjacent to an activating group) is 1. The molecule has 106 valence electrons. The van der Waals surface area contributed by atoms with Gasteiger partial charge in [0.15, 0.2) is 9.84 Å². The Kier molecular flexibility index (Phi) is 3.78. The summed E-state index contributed by atoms with van der Waals surface area (Å²) in [6.45, 7) is 3.70. The highest BCUT2D eigenvalue weighted by Gasteiger charge is 2.51. The van der Waals surface area contributed by atoms with Crippen molar-refractivity contribution in [1.82, 2.24) is 4.90 Å². The molecule has 2 fully saturated rings. The van der Waals surface area contributed by atoms with Crippen LogP contribution in [-0.2, 0) is 9.84 Å². The summed E-state index contributed by atoms with van der Waals surface area (Å²) in [5.41, 5.74) is 5.66. The Morgan fingerprint density at radius 3 is 2.50 bits per heavy atom. The van der Waals surface area contributed by atoms with Crippen LogP contribution in [0.2, 0.25) is 0 Å². The fourth-order valence-corrected chi connectivity index (χ4v) is 5.43. The monoisotopic (exact) mass is 274 g/mol. The lowest BCUT2D eigenvalue weighted by molar-refractivity contribution is 0.126. The van der Waals surface area contributed by atoms with Gasteiger partial charge in [-0.25, -0.2) is 8.42 Å². The van der Waals surface area contributed by atoms with Crippen molar-refractivity contribution in [2.75, 3.05) is 26.4 Å². The van der Waals surface area contributed by atoms with Crippen molar-refractivity contribution in [1.29, 1.82) is 0 Å². The van der Waals surface area contributed by atoms with E-state index in [1.165, 1.54) is 12.7 Å². The lowest BCUT2D eigenvalue weighted by atomic mass is 9.94. The van der Waals surface area contributed by atoms with Gasteiger partial charge in [-0.2, -0.15) is 0 Å². The fraction of sp³-hybridized carbons (Fsp3) is 1.00. The molecule has 0 radical (unpaired) electrons. The summed E-state index contributed by atoms with van der Waals surface area (Å²) in [6.07, 6.45) is 5.29. The molecule has 0 aliphatic heterocycles. The molecule has 18 heavy (non-hydrogen) atoms. The Morgan fingerprint density at radius 2 is 2.06 bits per heavy atom. The fourth-order valence-electron chi connectivity index (χ4n) is 3.65. The maximum Gasteiger partial charge on any atom is 0.152 e.